The summed E-state index contributed by atoms with van der Waals surface area (Å²) in [5.74, 6) is 1.16. The second-order valence-electron chi connectivity index (χ2n) is 4.41. The van der Waals surface area contributed by atoms with Gasteiger partial charge in [0.15, 0.2) is 5.78 Å². The highest BCUT2D eigenvalue weighted by Crippen LogP contribution is 2.31. The van der Waals surface area contributed by atoms with Crippen molar-refractivity contribution in [2.45, 2.75) is 32.6 Å². The molecule has 0 radical (unpaired) electrons. The van der Waals surface area contributed by atoms with Crippen molar-refractivity contribution in [1.29, 1.82) is 0 Å². The summed E-state index contributed by atoms with van der Waals surface area (Å²) >= 11 is 0. The van der Waals surface area contributed by atoms with Gasteiger partial charge in [0.1, 0.15) is 5.76 Å². The molecule has 0 aliphatic heterocycles. The Hall–Kier alpha value is -1.57. The van der Waals surface area contributed by atoms with Crippen molar-refractivity contribution in [2.75, 3.05) is 7.11 Å². The largest absolute Gasteiger partial charge is 0.496 e. The maximum Gasteiger partial charge on any atom is 0.155 e. The van der Waals surface area contributed by atoms with Crippen LogP contribution in [0.25, 0.3) is 0 Å². The van der Waals surface area contributed by atoms with Crippen molar-refractivity contribution < 1.29 is 9.53 Å². The average Bonchev–Trinajstić information content (AvgIpc) is 2.39. The summed E-state index contributed by atoms with van der Waals surface area (Å²) in [7, 11) is 1.71. The van der Waals surface area contributed by atoms with Crippen LogP contribution in [0.5, 0.6) is 0 Å². The lowest BCUT2D eigenvalue weighted by molar-refractivity contribution is -0.113. The third-order valence-electron chi connectivity index (χ3n) is 3.28. The van der Waals surface area contributed by atoms with Crippen LogP contribution in [0.2, 0.25) is 0 Å². The molecular weight excluding hydrogens is 212 g/mol. The lowest BCUT2D eigenvalue weighted by Crippen LogP contribution is -2.06. The van der Waals surface area contributed by atoms with Crippen LogP contribution >= 0.6 is 0 Å². The first kappa shape index (κ1) is 11.9. The Kier molecular flexibility index (Phi) is 3.62. The fourth-order valence-corrected chi connectivity index (χ4v) is 2.29. The molecule has 0 saturated heterocycles. The SMILES string of the molecule is COC1=CCCC=C1C1=CC=C(C(C)=O)CC1. The van der Waals surface area contributed by atoms with Crippen LogP contribution in [0, 0.1) is 0 Å². The van der Waals surface area contributed by atoms with Crippen molar-refractivity contribution in [1.82, 2.24) is 0 Å². The maximum atomic E-state index is 11.3. The topological polar surface area (TPSA) is 26.3 Å². The van der Waals surface area contributed by atoms with Crippen LogP contribution in [0.15, 0.2) is 46.8 Å². The second kappa shape index (κ2) is 5.17. The van der Waals surface area contributed by atoms with Crippen molar-refractivity contribution in [3.63, 3.8) is 0 Å². The van der Waals surface area contributed by atoms with Gasteiger partial charge in [-0.1, -0.05) is 18.2 Å². The minimum Gasteiger partial charge on any atom is -0.496 e. The summed E-state index contributed by atoms with van der Waals surface area (Å²) in [5, 5.41) is 0. The Morgan fingerprint density at radius 3 is 2.53 bits per heavy atom. The number of Topliss-reactive ketones (excluding diaryl/α,β-unsaturated/α-hetero) is 1. The Morgan fingerprint density at radius 2 is 1.94 bits per heavy atom. The van der Waals surface area contributed by atoms with Gasteiger partial charge in [0.05, 0.1) is 7.11 Å². The van der Waals surface area contributed by atoms with Crippen LogP contribution < -0.4 is 0 Å². The first-order valence-corrected chi connectivity index (χ1v) is 6.08. The predicted octanol–water partition coefficient (Wildman–Crippen LogP) is 3.47. The molecule has 2 nitrogen and oxygen atoms in total. The Balaban J connectivity index is 2.22. The molecule has 17 heavy (non-hydrogen) atoms. The number of carbonyl (C=O) groups excluding carboxylic acids is 1. The fourth-order valence-electron chi connectivity index (χ4n) is 2.29. The van der Waals surface area contributed by atoms with Crippen LogP contribution in [-0.4, -0.2) is 12.9 Å². The quantitative estimate of drug-likeness (QED) is 0.742. The van der Waals surface area contributed by atoms with Gasteiger partial charge in [-0.15, -0.1) is 0 Å². The zero-order valence-electron chi connectivity index (χ0n) is 10.5. The number of allylic oxidation sites excluding steroid dienone is 6. The Morgan fingerprint density at radius 1 is 1.18 bits per heavy atom. The van der Waals surface area contributed by atoms with E-state index in [4.69, 9.17) is 4.74 Å². The van der Waals surface area contributed by atoms with E-state index in [1.807, 2.05) is 6.08 Å². The van der Waals surface area contributed by atoms with E-state index in [9.17, 15) is 4.79 Å². The molecule has 0 unspecified atom stereocenters. The molecule has 2 heteroatoms. The number of carbonyl (C=O) groups is 1. The lowest BCUT2D eigenvalue weighted by atomic mass is 9.88. The highest BCUT2D eigenvalue weighted by Gasteiger charge is 2.17. The molecule has 0 aromatic heterocycles. The van der Waals surface area contributed by atoms with Crippen molar-refractivity contribution in [2.24, 2.45) is 0 Å². The first-order chi connectivity index (χ1) is 8.22. The molecule has 0 aromatic rings. The molecule has 2 aliphatic rings. The van der Waals surface area contributed by atoms with Gasteiger partial charge in [0, 0.05) is 5.57 Å². The minimum absolute atomic E-state index is 0.181. The minimum atomic E-state index is 0.181. The molecule has 0 saturated carbocycles. The molecule has 0 bridgehead atoms. The van der Waals surface area contributed by atoms with E-state index < -0.39 is 0 Å². The molecule has 0 fully saturated rings. The first-order valence-electron chi connectivity index (χ1n) is 6.08. The lowest BCUT2D eigenvalue weighted by Gasteiger charge is -2.20. The summed E-state index contributed by atoms with van der Waals surface area (Å²) in [5.41, 5.74) is 3.41. The Bertz CT molecular complexity index is 448. The molecule has 0 heterocycles. The molecule has 0 atom stereocenters. The molecule has 0 N–H and O–H groups in total. The number of methoxy groups -OCH3 is 1. The number of hydrogen-bond donors (Lipinski definition) is 0. The van der Waals surface area contributed by atoms with Gasteiger partial charge in [0.2, 0.25) is 0 Å². The molecule has 0 aromatic carbocycles. The Labute approximate surface area is 102 Å². The van der Waals surface area contributed by atoms with E-state index in [0.29, 0.717) is 0 Å². The van der Waals surface area contributed by atoms with E-state index >= 15 is 0 Å². The molecule has 0 spiro atoms. The van der Waals surface area contributed by atoms with Gasteiger partial charge in [0.25, 0.3) is 0 Å². The molecule has 0 amide bonds. The van der Waals surface area contributed by atoms with Crippen LogP contribution in [0.3, 0.4) is 0 Å². The van der Waals surface area contributed by atoms with Gasteiger partial charge < -0.3 is 4.74 Å². The highest BCUT2D eigenvalue weighted by molar-refractivity contribution is 5.93. The van der Waals surface area contributed by atoms with E-state index in [1.54, 1.807) is 14.0 Å². The molecule has 2 rings (SSSR count). The van der Waals surface area contributed by atoms with E-state index in [-0.39, 0.29) is 5.78 Å². The third kappa shape index (κ3) is 2.57. The molecule has 2 aliphatic carbocycles. The highest BCUT2D eigenvalue weighted by atomic mass is 16.5. The number of ketones is 1. The number of hydrogen-bond acceptors (Lipinski definition) is 2. The summed E-state index contributed by atoms with van der Waals surface area (Å²) in [4.78, 5) is 11.3. The third-order valence-corrected chi connectivity index (χ3v) is 3.28. The van der Waals surface area contributed by atoms with Crippen molar-refractivity contribution in [3.05, 3.63) is 46.8 Å². The zero-order valence-corrected chi connectivity index (χ0v) is 10.5. The van der Waals surface area contributed by atoms with E-state index in [0.717, 1.165) is 37.0 Å². The van der Waals surface area contributed by atoms with Crippen LogP contribution in [0.1, 0.15) is 32.6 Å². The van der Waals surface area contributed by atoms with Gasteiger partial charge in [-0.2, -0.15) is 0 Å². The smallest absolute Gasteiger partial charge is 0.155 e. The summed E-state index contributed by atoms with van der Waals surface area (Å²) in [6, 6.07) is 0. The number of ether oxygens (including phenoxy) is 1. The fraction of sp³-hybridized carbons (Fsp3) is 0.400. The van der Waals surface area contributed by atoms with Crippen molar-refractivity contribution >= 4 is 5.78 Å². The van der Waals surface area contributed by atoms with Gasteiger partial charge in [-0.05, 0) is 49.8 Å². The maximum absolute atomic E-state index is 11.3. The average molecular weight is 230 g/mol. The second-order valence-corrected chi connectivity index (χ2v) is 4.41. The van der Waals surface area contributed by atoms with E-state index in [2.05, 4.69) is 18.2 Å². The van der Waals surface area contributed by atoms with Gasteiger partial charge in [-0.3, -0.25) is 4.79 Å². The summed E-state index contributed by atoms with van der Waals surface area (Å²) in [6.07, 6.45) is 12.3. The summed E-state index contributed by atoms with van der Waals surface area (Å²) < 4.78 is 5.40. The number of rotatable bonds is 3. The zero-order chi connectivity index (χ0) is 12.3. The molecule has 90 valence electrons. The van der Waals surface area contributed by atoms with Crippen LogP contribution in [-0.2, 0) is 9.53 Å². The normalized spacial score (nSPS) is 19.9. The van der Waals surface area contributed by atoms with Crippen LogP contribution in [0.4, 0.5) is 0 Å². The predicted molar refractivity (Wildman–Crippen MR) is 68.5 cm³/mol. The standard InChI is InChI=1S/C15H18O2/c1-11(16)12-7-9-13(10-8-12)14-5-3-4-6-15(14)17-2/h5-7,9H,3-4,8,10H2,1-2H3. The molecular formula is C15H18O2. The van der Waals surface area contributed by atoms with Crippen molar-refractivity contribution in [3.8, 4) is 0 Å². The van der Waals surface area contributed by atoms with E-state index in [1.165, 1.54) is 11.1 Å². The van der Waals surface area contributed by atoms with Gasteiger partial charge >= 0.3 is 0 Å². The monoisotopic (exact) mass is 230 g/mol. The summed E-state index contributed by atoms with van der Waals surface area (Å²) in [6.45, 7) is 1.63. The van der Waals surface area contributed by atoms with Gasteiger partial charge in [-0.25, -0.2) is 0 Å².